The van der Waals surface area contributed by atoms with Crippen molar-refractivity contribution in [2.75, 3.05) is 18.6 Å². The van der Waals surface area contributed by atoms with Crippen LogP contribution in [0.15, 0.2) is 0 Å². The molecule has 0 rings (SSSR count). The van der Waals surface area contributed by atoms with Gasteiger partial charge >= 0.3 is 0 Å². The first-order chi connectivity index (χ1) is 6.13. The fraction of sp³-hybridized carbons (Fsp3) is 1.00. The van der Waals surface area contributed by atoms with Gasteiger partial charge in [0.2, 0.25) is 0 Å². The van der Waals surface area contributed by atoms with Crippen molar-refractivity contribution in [1.29, 1.82) is 0 Å². The summed E-state index contributed by atoms with van der Waals surface area (Å²) in [5.41, 5.74) is 0.227. The fourth-order valence-electron chi connectivity index (χ4n) is 0.959. The molecule has 0 bridgehead atoms. The first-order valence-corrected chi connectivity index (χ1v) is 7.10. The van der Waals surface area contributed by atoms with Crippen LogP contribution in [0.5, 0.6) is 0 Å². The van der Waals surface area contributed by atoms with Crippen LogP contribution in [0.3, 0.4) is 0 Å². The molecule has 14 heavy (non-hydrogen) atoms. The van der Waals surface area contributed by atoms with Crippen LogP contribution in [0.1, 0.15) is 34.1 Å². The quantitative estimate of drug-likeness (QED) is 0.715. The summed E-state index contributed by atoms with van der Waals surface area (Å²) in [4.78, 5) is 0. The minimum absolute atomic E-state index is 0.227. The average molecular weight is 221 g/mol. The largest absolute Gasteiger partial charge is 0.314 e. The van der Waals surface area contributed by atoms with E-state index in [1.54, 1.807) is 0 Å². The predicted molar refractivity (Wildman–Crippen MR) is 61.2 cm³/mol. The molecule has 0 heterocycles. The van der Waals surface area contributed by atoms with Crippen molar-refractivity contribution >= 4 is 9.84 Å². The summed E-state index contributed by atoms with van der Waals surface area (Å²) in [6, 6.07) is 0.405. The number of hydrogen-bond acceptors (Lipinski definition) is 3. The fourth-order valence-corrected chi connectivity index (χ4v) is 1.63. The van der Waals surface area contributed by atoms with Gasteiger partial charge in [-0.3, -0.25) is 0 Å². The molecule has 0 spiro atoms. The lowest BCUT2D eigenvalue weighted by atomic mass is 9.88. The monoisotopic (exact) mass is 221 g/mol. The molecule has 0 aromatic heterocycles. The molecule has 4 heteroatoms. The zero-order valence-electron chi connectivity index (χ0n) is 9.92. The Morgan fingerprint density at radius 1 is 1.29 bits per heavy atom. The van der Waals surface area contributed by atoms with Crippen LogP contribution in [-0.2, 0) is 9.84 Å². The maximum absolute atomic E-state index is 10.8. The lowest BCUT2D eigenvalue weighted by Gasteiger charge is -2.28. The highest BCUT2D eigenvalue weighted by Crippen LogP contribution is 2.18. The normalized spacial score (nSPS) is 15.5. The van der Waals surface area contributed by atoms with Crippen LogP contribution < -0.4 is 5.32 Å². The van der Waals surface area contributed by atoms with Gasteiger partial charge < -0.3 is 5.32 Å². The molecule has 86 valence electrons. The molecular formula is C10H23NO2S. The Morgan fingerprint density at radius 2 is 1.79 bits per heavy atom. The third kappa shape index (κ3) is 7.33. The second-order valence-electron chi connectivity index (χ2n) is 5.03. The van der Waals surface area contributed by atoms with Crippen molar-refractivity contribution in [3.05, 3.63) is 0 Å². The smallest absolute Gasteiger partial charge is 0.147 e. The Balaban J connectivity index is 3.66. The van der Waals surface area contributed by atoms with E-state index in [2.05, 4.69) is 33.0 Å². The lowest BCUT2D eigenvalue weighted by molar-refractivity contribution is 0.287. The molecule has 3 nitrogen and oxygen atoms in total. The molecule has 0 aliphatic heterocycles. The molecule has 0 aliphatic carbocycles. The van der Waals surface area contributed by atoms with Crippen molar-refractivity contribution in [2.45, 2.75) is 40.2 Å². The van der Waals surface area contributed by atoms with Crippen molar-refractivity contribution in [2.24, 2.45) is 5.41 Å². The maximum atomic E-state index is 10.8. The van der Waals surface area contributed by atoms with E-state index in [1.807, 2.05) is 0 Å². The van der Waals surface area contributed by atoms with Gasteiger partial charge in [-0.05, 0) is 25.3 Å². The standard InChI is InChI=1S/C10H23NO2S/c1-9(10(2,3)4)11-7-6-8-14(5,12)13/h9,11H,6-8H2,1-5H3. The van der Waals surface area contributed by atoms with Gasteiger partial charge in [0.15, 0.2) is 0 Å². The van der Waals surface area contributed by atoms with Gasteiger partial charge in [-0.2, -0.15) is 0 Å². The third-order valence-corrected chi connectivity index (χ3v) is 3.47. The van der Waals surface area contributed by atoms with Crippen LogP contribution in [0.2, 0.25) is 0 Å². The highest BCUT2D eigenvalue weighted by molar-refractivity contribution is 7.90. The van der Waals surface area contributed by atoms with E-state index in [1.165, 1.54) is 6.26 Å². The van der Waals surface area contributed by atoms with Crippen LogP contribution in [-0.4, -0.2) is 33.0 Å². The van der Waals surface area contributed by atoms with E-state index >= 15 is 0 Å². The number of nitrogens with one attached hydrogen (secondary N) is 1. The summed E-state index contributed by atoms with van der Waals surface area (Å²) in [5, 5.41) is 3.33. The average Bonchev–Trinajstić information content (AvgIpc) is 1.93. The van der Waals surface area contributed by atoms with Gasteiger partial charge in [0, 0.05) is 12.3 Å². The van der Waals surface area contributed by atoms with E-state index in [0.717, 1.165) is 6.54 Å². The summed E-state index contributed by atoms with van der Waals surface area (Å²) in [5.74, 6) is 0.275. The van der Waals surface area contributed by atoms with Crippen LogP contribution in [0, 0.1) is 5.41 Å². The van der Waals surface area contributed by atoms with Gasteiger partial charge in [-0.25, -0.2) is 8.42 Å². The molecule has 0 radical (unpaired) electrons. The molecule has 0 saturated heterocycles. The van der Waals surface area contributed by atoms with Crippen LogP contribution in [0.25, 0.3) is 0 Å². The van der Waals surface area contributed by atoms with E-state index in [0.29, 0.717) is 12.5 Å². The molecular weight excluding hydrogens is 198 g/mol. The number of rotatable bonds is 5. The van der Waals surface area contributed by atoms with Crippen molar-refractivity contribution in [3.8, 4) is 0 Å². The molecule has 1 atom stereocenters. The van der Waals surface area contributed by atoms with E-state index in [4.69, 9.17) is 0 Å². The Labute approximate surface area is 88.2 Å². The van der Waals surface area contributed by atoms with Crippen LogP contribution >= 0.6 is 0 Å². The van der Waals surface area contributed by atoms with Crippen molar-refractivity contribution in [3.63, 3.8) is 0 Å². The molecule has 1 N–H and O–H groups in total. The third-order valence-electron chi connectivity index (χ3n) is 2.44. The van der Waals surface area contributed by atoms with Gasteiger partial charge in [-0.15, -0.1) is 0 Å². The lowest BCUT2D eigenvalue weighted by Crippen LogP contribution is -2.38. The summed E-state index contributed by atoms with van der Waals surface area (Å²) in [6.45, 7) is 9.40. The SMILES string of the molecule is CC(NCCCS(C)(=O)=O)C(C)(C)C. The Morgan fingerprint density at radius 3 is 2.14 bits per heavy atom. The van der Waals surface area contributed by atoms with E-state index in [9.17, 15) is 8.42 Å². The first kappa shape index (κ1) is 13.9. The highest BCUT2D eigenvalue weighted by Gasteiger charge is 2.18. The van der Waals surface area contributed by atoms with Crippen LogP contribution in [0.4, 0.5) is 0 Å². The Kier molecular flexibility index (Phi) is 5.09. The predicted octanol–water partition coefficient (Wildman–Crippen LogP) is 1.45. The number of hydrogen-bond donors (Lipinski definition) is 1. The van der Waals surface area contributed by atoms with Crippen molar-refractivity contribution in [1.82, 2.24) is 5.32 Å². The second kappa shape index (κ2) is 5.12. The molecule has 0 saturated carbocycles. The molecule has 1 unspecified atom stereocenters. The number of sulfone groups is 1. The van der Waals surface area contributed by atoms with Crippen molar-refractivity contribution < 1.29 is 8.42 Å². The molecule has 0 aromatic carbocycles. The first-order valence-electron chi connectivity index (χ1n) is 5.04. The zero-order valence-corrected chi connectivity index (χ0v) is 10.7. The Hall–Kier alpha value is -0.0900. The molecule has 0 aliphatic rings. The Bertz CT molecular complexity index is 252. The van der Waals surface area contributed by atoms with E-state index in [-0.39, 0.29) is 11.2 Å². The van der Waals surface area contributed by atoms with E-state index < -0.39 is 9.84 Å². The minimum atomic E-state index is -2.80. The molecule has 0 aromatic rings. The summed E-state index contributed by atoms with van der Waals surface area (Å²) in [7, 11) is -2.80. The molecule has 0 fully saturated rings. The molecule has 0 amide bonds. The minimum Gasteiger partial charge on any atom is -0.314 e. The summed E-state index contributed by atoms with van der Waals surface area (Å²) in [6.07, 6.45) is 1.97. The topological polar surface area (TPSA) is 46.2 Å². The van der Waals surface area contributed by atoms with Gasteiger partial charge in [0.05, 0.1) is 5.75 Å². The van der Waals surface area contributed by atoms with Gasteiger partial charge in [0.25, 0.3) is 0 Å². The highest BCUT2D eigenvalue weighted by atomic mass is 32.2. The zero-order chi connectivity index (χ0) is 11.4. The van der Waals surface area contributed by atoms with Gasteiger partial charge in [0.1, 0.15) is 9.84 Å². The maximum Gasteiger partial charge on any atom is 0.147 e. The second-order valence-corrected chi connectivity index (χ2v) is 7.29. The van der Waals surface area contributed by atoms with Gasteiger partial charge in [-0.1, -0.05) is 20.8 Å². The summed E-state index contributed by atoms with van der Waals surface area (Å²) >= 11 is 0. The summed E-state index contributed by atoms with van der Waals surface area (Å²) < 4.78 is 21.7.